The number of rotatable bonds is 8. The molecule has 174 valence electrons. The molecule has 1 aromatic rings. The second-order valence-electron chi connectivity index (χ2n) is 9.52. The summed E-state index contributed by atoms with van der Waals surface area (Å²) in [5.41, 5.74) is -0.129. The lowest BCUT2D eigenvalue weighted by Crippen LogP contribution is -2.53. The molecule has 6 heteroatoms. The van der Waals surface area contributed by atoms with Crippen molar-refractivity contribution in [3.05, 3.63) is 34.9 Å². The summed E-state index contributed by atoms with van der Waals surface area (Å²) >= 11 is 6.20. The number of nitrogens with zero attached hydrogens (tertiary/aromatic N) is 1. The summed E-state index contributed by atoms with van der Waals surface area (Å²) in [6, 6.07) is 7.68. The number of halogens is 1. The number of benzene rings is 1. The number of urea groups is 1. The molecular weight excluding hydrogens is 410 g/mol. The van der Waals surface area contributed by atoms with E-state index in [1.165, 1.54) is 32.1 Å². The Morgan fingerprint density at radius 2 is 2.03 bits per heavy atom. The molecule has 2 fully saturated rings. The predicted octanol–water partition coefficient (Wildman–Crippen LogP) is 4.92. The Bertz CT molecular complexity index is 710. The van der Waals surface area contributed by atoms with E-state index in [4.69, 9.17) is 11.6 Å². The average molecular weight is 450 g/mol. The van der Waals surface area contributed by atoms with Gasteiger partial charge >= 0.3 is 6.03 Å². The van der Waals surface area contributed by atoms with E-state index in [1.807, 2.05) is 43.1 Å². The Balaban J connectivity index is 1.64. The molecule has 0 radical (unpaired) electrons. The zero-order chi connectivity index (χ0) is 22.3. The number of carbonyl (C=O) groups is 1. The molecule has 2 amide bonds. The molecule has 0 bridgehead atoms. The summed E-state index contributed by atoms with van der Waals surface area (Å²) in [7, 11) is 1.95. The topological polar surface area (TPSA) is 64.6 Å². The molecule has 0 spiro atoms. The Kier molecular flexibility index (Phi) is 9.06. The Morgan fingerprint density at radius 1 is 1.26 bits per heavy atom. The van der Waals surface area contributed by atoms with Crippen LogP contribution in [0.15, 0.2) is 24.3 Å². The number of hydrogen-bond acceptors (Lipinski definition) is 3. The number of amides is 2. The fraction of sp³-hybridized carbons (Fsp3) is 0.720. The fourth-order valence-electron chi connectivity index (χ4n) is 5.57. The van der Waals surface area contributed by atoms with Gasteiger partial charge in [-0.05, 0) is 56.3 Å². The van der Waals surface area contributed by atoms with Crippen molar-refractivity contribution >= 4 is 17.6 Å². The second-order valence-corrected chi connectivity index (χ2v) is 9.95. The average Bonchev–Trinajstić information content (AvgIpc) is 2.79. The molecule has 3 N–H and O–H groups in total. The predicted molar refractivity (Wildman–Crippen MR) is 127 cm³/mol. The van der Waals surface area contributed by atoms with Crippen molar-refractivity contribution in [2.45, 2.75) is 76.4 Å². The van der Waals surface area contributed by atoms with Gasteiger partial charge in [0, 0.05) is 36.6 Å². The zero-order valence-electron chi connectivity index (χ0n) is 19.2. The molecule has 1 saturated carbocycles. The highest BCUT2D eigenvalue weighted by Gasteiger charge is 2.40. The van der Waals surface area contributed by atoms with Gasteiger partial charge in [-0.1, -0.05) is 62.8 Å². The maximum Gasteiger partial charge on any atom is 0.317 e. The lowest BCUT2D eigenvalue weighted by molar-refractivity contribution is -0.0504. The fourth-order valence-corrected chi connectivity index (χ4v) is 5.76. The van der Waals surface area contributed by atoms with Gasteiger partial charge in [0.1, 0.15) is 0 Å². The second kappa shape index (κ2) is 11.5. The van der Waals surface area contributed by atoms with E-state index < -0.39 is 5.60 Å². The van der Waals surface area contributed by atoms with Crippen LogP contribution >= 0.6 is 11.6 Å². The summed E-state index contributed by atoms with van der Waals surface area (Å²) in [6.45, 7) is 4.11. The zero-order valence-corrected chi connectivity index (χ0v) is 20.0. The molecule has 2 unspecified atom stereocenters. The van der Waals surface area contributed by atoms with E-state index in [9.17, 15) is 9.90 Å². The number of likely N-dealkylation sites (N-methyl/N-ethyl adjacent to an activating group) is 1. The van der Waals surface area contributed by atoms with E-state index >= 15 is 0 Å². The minimum Gasteiger partial charge on any atom is -0.385 e. The highest BCUT2D eigenvalue weighted by atomic mass is 35.5. The van der Waals surface area contributed by atoms with Crippen molar-refractivity contribution in [3.8, 4) is 0 Å². The first-order valence-electron chi connectivity index (χ1n) is 12.1. The van der Waals surface area contributed by atoms with Gasteiger partial charge in [-0.25, -0.2) is 4.79 Å². The van der Waals surface area contributed by atoms with Crippen LogP contribution in [-0.4, -0.2) is 48.8 Å². The summed E-state index contributed by atoms with van der Waals surface area (Å²) in [4.78, 5) is 15.1. The van der Waals surface area contributed by atoms with Gasteiger partial charge in [-0.2, -0.15) is 0 Å². The molecule has 1 aliphatic heterocycles. The summed E-state index contributed by atoms with van der Waals surface area (Å²) in [6.07, 6.45) is 10.00. The van der Waals surface area contributed by atoms with Crippen molar-refractivity contribution in [2.24, 2.45) is 11.8 Å². The first-order chi connectivity index (χ1) is 15.0. The van der Waals surface area contributed by atoms with Gasteiger partial charge in [0.15, 0.2) is 0 Å². The van der Waals surface area contributed by atoms with Crippen LogP contribution in [0, 0.1) is 11.8 Å². The molecule has 0 aromatic heterocycles. The van der Waals surface area contributed by atoms with E-state index in [0.717, 1.165) is 43.8 Å². The van der Waals surface area contributed by atoms with Gasteiger partial charge in [0.2, 0.25) is 0 Å². The van der Waals surface area contributed by atoms with Crippen LogP contribution in [0.1, 0.15) is 70.3 Å². The number of nitrogens with one attached hydrogen (secondary N) is 2. The van der Waals surface area contributed by atoms with Gasteiger partial charge in [-0.3, -0.25) is 0 Å². The lowest BCUT2D eigenvalue weighted by atomic mass is 9.75. The highest BCUT2D eigenvalue weighted by Crippen LogP contribution is 2.39. The first-order valence-corrected chi connectivity index (χ1v) is 12.5. The maximum absolute atomic E-state index is 13.2. The van der Waals surface area contributed by atoms with Crippen LogP contribution < -0.4 is 10.6 Å². The number of piperidine rings is 1. The third-order valence-electron chi connectivity index (χ3n) is 7.37. The van der Waals surface area contributed by atoms with Gasteiger partial charge in [0.25, 0.3) is 0 Å². The van der Waals surface area contributed by atoms with Crippen molar-refractivity contribution < 1.29 is 9.90 Å². The summed E-state index contributed by atoms with van der Waals surface area (Å²) < 4.78 is 0. The molecule has 31 heavy (non-hydrogen) atoms. The molecule has 1 saturated heterocycles. The van der Waals surface area contributed by atoms with Gasteiger partial charge < -0.3 is 20.6 Å². The third kappa shape index (κ3) is 6.36. The first kappa shape index (κ1) is 24.3. The van der Waals surface area contributed by atoms with Gasteiger partial charge in [0.05, 0.1) is 5.60 Å². The number of likely N-dealkylation sites (tertiary alicyclic amines) is 1. The Labute approximate surface area is 192 Å². The number of carbonyl (C=O) groups excluding carboxylic acids is 1. The molecule has 2 aliphatic rings. The molecule has 3 rings (SSSR count). The Morgan fingerprint density at radius 3 is 2.71 bits per heavy atom. The summed E-state index contributed by atoms with van der Waals surface area (Å²) in [5, 5.41) is 18.8. The molecule has 5 nitrogen and oxygen atoms in total. The van der Waals surface area contributed by atoms with Gasteiger partial charge in [-0.15, -0.1) is 0 Å². The third-order valence-corrected chi connectivity index (χ3v) is 7.60. The Hall–Kier alpha value is -1.30. The number of hydrogen-bond donors (Lipinski definition) is 3. The van der Waals surface area contributed by atoms with E-state index in [1.54, 1.807) is 0 Å². The normalized spacial score (nSPS) is 23.2. The van der Waals surface area contributed by atoms with Crippen molar-refractivity contribution in [3.63, 3.8) is 0 Å². The monoisotopic (exact) mass is 449 g/mol. The standard InChI is InChI=1S/C25H40ClN3O2/c1-3-25(31,20-11-7-13-22(26)16-20)21-12-8-14-29(18-21)24(30)28-23(17-27-2)15-19-9-5-4-6-10-19/h7,11,13,16,19,21,23,27,31H,3-6,8-10,12,14-15,17-18H2,1-2H3,(H,28,30)/t21?,23?,25-/m1/s1. The van der Waals surface area contributed by atoms with E-state index in [-0.39, 0.29) is 18.0 Å². The van der Waals surface area contributed by atoms with Crippen molar-refractivity contribution in [2.75, 3.05) is 26.7 Å². The highest BCUT2D eigenvalue weighted by molar-refractivity contribution is 6.30. The summed E-state index contributed by atoms with van der Waals surface area (Å²) in [5.74, 6) is 0.714. The van der Waals surface area contributed by atoms with Crippen LogP contribution in [-0.2, 0) is 5.60 Å². The van der Waals surface area contributed by atoms with Crippen LogP contribution in [0.5, 0.6) is 0 Å². The van der Waals surface area contributed by atoms with Crippen LogP contribution in [0.2, 0.25) is 5.02 Å². The molecular formula is C25H40ClN3O2. The molecule has 1 heterocycles. The van der Waals surface area contributed by atoms with Crippen LogP contribution in [0.4, 0.5) is 4.79 Å². The van der Waals surface area contributed by atoms with E-state index in [0.29, 0.717) is 18.0 Å². The minimum atomic E-state index is -0.976. The molecule has 1 aromatic carbocycles. The molecule has 1 aliphatic carbocycles. The van der Waals surface area contributed by atoms with Crippen molar-refractivity contribution in [1.82, 2.24) is 15.5 Å². The molecule has 3 atom stereocenters. The smallest absolute Gasteiger partial charge is 0.317 e. The van der Waals surface area contributed by atoms with E-state index in [2.05, 4.69) is 10.6 Å². The van der Waals surface area contributed by atoms with Crippen LogP contribution in [0.3, 0.4) is 0 Å². The number of aliphatic hydroxyl groups is 1. The minimum absolute atomic E-state index is 0.00318. The van der Waals surface area contributed by atoms with Crippen LogP contribution in [0.25, 0.3) is 0 Å². The maximum atomic E-state index is 13.2. The SMILES string of the molecule is CC[C@@](O)(c1cccc(Cl)c1)C1CCCN(C(=O)NC(CNC)CC2CCCCC2)C1. The van der Waals surface area contributed by atoms with Crippen molar-refractivity contribution in [1.29, 1.82) is 0 Å². The lowest BCUT2D eigenvalue weighted by Gasteiger charge is -2.42. The quantitative estimate of drug-likeness (QED) is 0.527. The largest absolute Gasteiger partial charge is 0.385 e.